The van der Waals surface area contributed by atoms with Crippen LogP contribution in [0.25, 0.3) is 0 Å². The number of carbonyl (C=O) groups is 1. The van der Waals surface area contributed by atoms with Crippen molar-refractivity contribution in [2.24, 2.45) is 5.92 Å². The van der Waals surface area contributed by atoms with E-state index in [0.717, 1.165) is 32.4 Å². The molecule has 1 N–H and O–H groups in total. The molecular formula is C16H23NO. The van der Waals surface area contributed by atoms with Gasteiger partial charge in [-0.25, -0.2) is 0 Å². The van der Waals surface area contributed by atoms with Crippen LogP contribution in [0.3, 0.4) is 0 Å². The third kappa shape index (κ3) is 2.35. The molecule has 0 spiro atoms. The van der Waals surface area contributed by atoms with Gasteiger partial charge in [0.05, 0.1) is 5.41 Å². The molecule has 1 aromatic carbocycles. The minimum Gasteiger partial charge on any atom is -0.317 e. The number of benzene rings is 1. The van der Waals surface area contributed by atoms with Crippen molar-refractivity contribution in [3.05, 3.63) is 35.9 Å². The number of hydrogen-bond acceptors (Lipinski definition) is 2. The van der Waals surface area contributed by atoms with Gasteiger partial charge >= 0.3 is 0 Å². The Hall–Kier alpha value is -1.15. The topological polar surface area (TPSA) is 29.1 Å². The molecule has 2 heteroatoms. The monoisotopic (exact) mass is 245 g/mol. The van der Waals surface area contributed by atoms with Gasteiger partial charge < -0.3 is 5.32 Å². The molecule has 1 aromatic rings. The molecule has 2 nitrogen and oxygen atoms in total. The first kappa shape index (κ1) is 13.3. The fourth-order valence-electron chi connectivity index (χ4n) is 2.95. The maximum atomic E-state index is 12.8. The zero-order valence-electron chi connectivity index (χ0n) is 11.4. The van der Waals surface area contributed by atoms with Crippen molar-refractivity contribution < 1.29 is 4.79 Å². The molecule has 0 saturated carbocycles. The summed E-state index contributed by atoms with van der Waals surface area (Å²) in [6, 6.07) is 10.3. The van der Waals surface area contributed by atoms with E-state index in [0.29, 0.717) is 5.78 Å². The van der Waals surface area contributed by atoms with Crippen LogP contribution in [-0.4, -0.2) is 18.9 Å². The van der Waals surface area contributed by atoms with Gasteiger partial charge in [0.2, 0.25) is 0 Å². The summed E-state index contributed by atoms with van der Waals surface area (Å²) in [5, 5.41) is 3.37. The van der Waals surface area contributed by atoms with E-state index in [4.69, 9.17) is 0 Å². The van der Waals surface area contributed by atoms with Gasteiger partial charge in [-0.3, -0.25) is 4.79 Å². The molecule has 0 bridgehead atoms. The molecule has 1 atom stereocenters. The van der Waals surface area contributed by atoms with E-state index < -0.39 is 0 Å². The molecule has 1 heterocycles. The highest BCUT2D eigenvalue weighted by Gasteiger charge is 2.42. The van der Waals surface area contributed by atoms with Gasteiger partial charge in [0, 0.05) is 5.92 Å². The van der Waals surface area contributed by atoms with Crippen molar-refractivity contribution in [2.45, 2.75) is 38.5 Å². The zero-order chi connectivity index (χ0) is 13.0. The lowest BCUT2D eigenvalue weighted by Crippen LogP contribution is -2.47. The Labute approximate surface area is 110 Å². The van der Waals surface area contributed by atoms with Gasteiger partial charge in [-0.2, -0.15) is 0 Å². The number of nitrogens with one attached hydrogen (secondary N) is 1. The third-order valence-electron chi connectivity index (χ3n) is 4.32. The largest absolute Gasteiger partial charge is 0.317 e. The molecule has 0 amide bonds. The van der Waals surface area contributed by atoms with Crippen molar-refractivity contribution >= 4 is 5.78 Å². The number of ketones is 1. The minimum atomic E-state index is -0.248. The smallest absolute Gasteiger partial charge is 0.146 e. The van der Waals surface area contributed by atoms with Gasteiger partial charge in [-0.05, 0) is 37.9 Å². The zero-order valence-corrected chi connectivity index (χ0v) is 11.4. The predicted molar refractivity (Wildman–Crippen MR) is 74.7 cm³/mol. The molecule has 1 fully saturated rings. The fraction of sp³-hybridized carbons (Fsp3) is 0.562. The lowest BCUT2D eigenvalue weighted by molar-refractivity contribution is -0.129. The average molecular weight is 245 g/mol. The van der Waals surface area contributed by atoms with Crippen molar-refractivity contribution in [1.82, 2.24) is 5.32 Å². The van der Waals surface area contributed by atoms with Crippen molar-refractivity contribution in [3.63, 3.8) is 0 Å². The Morgan fingerprint density at radius 2 is 1.89 bits per heavy atom. The molecule has 0 radical (unpaired) electrons. The molecule has 1 aliphatic rings. The molecule has 98 valence electrons. The third-order valence-corrected chi connectivity index (χ3v) is 4.32. The van der Waals surface area contributed by atoms with Crippen LogP contribution in [0.1, 0.15) is 38.7 Å². The first-order valence-corrected chi connectivity index (χ1v) is 7.01. The molecule has 0 aliphatic carbocycles. The van der Waals surface area contributed by atoms with Crippen molar-refractivity contribution in [1.29, 1.82) is 0 Å². The van der Waals surface area contributed by atoms with Crippen LogP contribution in [0.2, 0.25) is 0 Å². The van der Waals surface area contributed by atoms with E-state index in [-0.39, 0.29) is 11.3 Å². The lowest BCUT2D eigenvalue weighted by Gasteiger charge is -2.38. The van der Waals surface area contributed by atoms with Crippen LogP contribution in [0.15, 0.2) is 30.3 Å². The van der Waals surface area contributed by atoms with Crippen LogP contribution < -0.4 is 5.32 Å². The number of piperidine rings is 1. The predicted octanol–water partition coefficient (Wildman–Crippen LogP) is 2.92. The molecule has 18 heavy (non-hydrogen) atoms. The second-order valence-corrected chi connectivity index (χ2v) is 5.37. The van der Waals surface area contributed by atoms with E-state index in [9.17, 15) is 4.79 Å². The SMILES string of the molecule is CCC(C)C(=O)C1(c2ccccc2)CCNCC1. The van der Waals surface area contributed by atoms with E-state index in [1.807, 2.05) is 18.2 Å². The fourth-order valence-corrected chi connectivity index (χ4v) is 2.95. The minimum absolute atomic E-state index is 0.156. The summed E-state index contributed by atoms with van der Waals surface area (Å²) in [4.78, 5) is 12.8. The Morgan fingerprint density at radius 1 is 1.28 bits per heavy atom. The molecule has 0 aromatic heterocycles. The number of Topliss-reactive ketones (excluding diaryl/α,β-unsaturated/α-hetero) is 1. The van der Waals surface area contributed by atoms with Crippen LogP contribution >= 0.6 is 0 Å². The van der Waals surface area contributed by atoms with E-state index in [2.05, 4.69) is 31.3 Å². The standard InChI is InChI=1S/C16H23NO/c1-3-13(2)15(18)16(9-11-17-12-10-16)14-7-5-4-6-8-14/h4-8,13,17H,3,9-12H2,1-2H3. The average Bonchev–Trinajstić information content (AvgIpc) is 2.47. The molecule has 2 rings (SSSR count). The van der Waals surface area contributed by atoms with E-state index in [1.165, 1.54) is 5.56 Å². The highest BCUT2D eigenvalue weighted by Crippen LogP contribution is 2.37. The van der Waals surface area contributed by atoms with Crippen molar-refractivity contribution in [2.75, 3.05) is 13.1 Å². The molecular weight excluding hydrogens is 222 g/mol. The normalized spacial score (nSPS) is 20.3. The Kier molecular flexibility index (Phi) is 4.18. The maximum Gasteiger partial charge on any atom is 0.146 e. The van der Waals surface area contributed by atoms with E-state index >= 15 is 0 Å². The number of rotatable bonds is 4. The molecule has 1 aliphatic heterocycles. The molecule has 1 unspecified atom stereocenters. The van der Waals surface area contributed by atoms with Gasteiger partial charge in [0.1, 0.15) is 5.78 Å². The summed E-state index contributed by atoms with van der Waals surface area (Å²) in [6.45, 7) is 6.05. The van der Waals surface area contributed by atoms with Crippen LogP contribution in [-0.2, 0) is 10.2 Å². The van der Waals surface area contributed by atoms with Gasteiger partial charge in [0.15, 0.2) is 0 Å². The van der Waals surface area contributed by atoms with Gasteiger partial charge in [-0.15, -0.1) is 0 Å². The number of hydrogen-bond donors (Lipinski definition) is 1. The van der Waals surface area contributed by atoms with Crippen LogP contribution in [0.4, 0.5) is 0 Å². The summed E-state index contributed by atoms with van der Waals surface area (Å²) in [6.07, 6.45) is 2.79. The Bertz CT molecular complexity index is 393. The summed E-state index contributed by atoms with van der Waals surface area (Å²) < 4.78 is 0. The first-order chi connectivity index (χ1) is 8.70. The van der Waals surface area contributed by atoms with Gasteiger partial charge in [-0.1, -0.05) is 44.2 Å². The van der Waals surface area contributed by atoms with E-state index in [1.54, 1.807) is 0 Å². The Morgan fingerprint density at radius 3 is 2.44 bits per heavy atom. The van der Waals surface area contributed by atoms with Gasteiger partial charge in [0.25, 0.3) is 0 Å². The van der Waals surface area contributed by atoms with Crippen LogP contribution in [0.5, 0.6) is 0 Å². The quantitative estimate of drug-likeness (QED) is 0.883. The summed E-state index contributed by atoms with van der Waals surface area (Å²) in [5.41, 5.74) is 0.957. The van der Waals surface area contributed by atoms with Crippen LogP contribution in [0, 0.1) is 5.92 Å². The number of carbonyl (C=O) groups excluding carboxylic acids is 1. The highest BCUT2D eigenvalue weighted by atomic mass is 16.1. The lowest BCUT2D eigenvalue weighted by atomic mass is 9.67. The summed E-state index contributed by atoms with van der Waals surface area (Å²) in [7, 11) is 0. The first-order valence-electron chi connectivity index (χ1n) is 7.01. The maximum absolute atomic E-state index is 12.8. The second-order valence-electron chi connectivity index (χ2n) is 5.37. The summed E-state index contributed by atoms with van der Waals surface area (Å²) >= 11 is 0. The summed E-state index contributed by atoms with van der Waals surface area (Å²) in [5.74, 6) is 0.584. The van der Waals surface area contributed by atoms with Crippen molar-refractivity contribution in [3.8, 4) is 0 Å². The molecule has 1 saturated heterocycles. The highest BCUT2D eigenvalue weighted by molar-refractivity contribution is 5.92. The Balaban J connectivity index is 2.37. The second kappa shape index (κ2) is 5.66.